The van der Waals surface area contributed by atoms with Crippen molar-refractivity contribution in [3.63, 3.8) is 0 Å². The molecule has 174 valence electrons. The molecule has 3 aromatic rings. The lowest BCUT2D eigenvalue weighted by molar-refractivity contribution is -0.114. The fraction of sp³-hybridized carbons (Fsp3) is 0.333. The van der Waals surface area contributed by atoms with Gasteiger partial charge in [0.2, 0.25) is 15.9 Å². The number of nitrogens with zero attached hydrogens (tertiary/aromatic N) is 5. The van der Waals surface area contributed by atoms with Gasteiger partial charge < -0.3 is 15.4 Å². The van der Waals surface area contributed by atoms with Crippen LogP contribution in [0.3, 0.4) is 0 Å². The van der Waals surface area contributed by atoms with Crippen molar-refractivity contribution in [2.24, 2.45) is 0 Å². The Labute approximate surface area is 191 Å². The van der Waals surface area contributed by atoms with Gasteiger partial charge in [-0.2, -0.15) is 8.99 Å². The van der Waals surface area contributed by atoms with Gasteiger partial charge in [-0.15, -0.1) is 5.10 Å². The third-order valence-corrected chi connectivity index (χ3v) is 6.95. The Morgan fingerprint density at radius 2 is 1.79 bits per heavy atom. The zero-order valence-corrected chi connectivity index (χ0v) is 19.1. The Bertz CT molecular complexity index is 1190. The molecule has 0 unspecified atom stereocenters. The number of aromatic nitrogens is 4. The van der Waals surface area contributed by atoms with Crippen LogP contribution in [0.15, 0.2) is 59.8 Å². The summed E-state index contributed by atoms with van der Waals surface area (Å²) in [5, 5.41) is 16.9. The number of nitrogens with one attached hydrogen (secondary N) is 2. The number of rotatable bonds is 7. The van der Waals surface area contributed by atoms with E-state index >= 15 is 0 Å². The number of ether oxygens (including phenoxy) is 1. The molecular weight excluding hydrogens is 446 g/mol. The van der Waals surface area contributed by atoms with Gasteiger partial charge in [-0.25, -0.2) is 8.42 Å². The summed E-state index contributed by atoms with van der Waals surface area (Å²) < 4.78 is 34.5. The van der Waals surface area contributed by atoms with Crippen LogP contribution in [0, 0.1) is 0 Å². The number of morpholine rings is 1. The third-order valence-electron chi connectivity index (χ3n) is 5.10. The number of hydrogen-bond acceptors (Lipinski definition) is 8. The van der Waals surface area contributed by atoms with Gasteiger partial charge in [-0.3, -0.25) is 4.79 Å². The third kappa shape index (κ3) is 5.35. The van der Waals surface area contributed by atoms with Crippen molar-refractivity contribution in [3.8, 4) is 5.69 Å². The van der Waals surface area contributed by atoms with E-state index in [0.717, 1.165) is 0 Å². The van der Waals surface area contributed by atoms with Crippen molar-refractivity contribution in [1.82, 2.24) is 24.5 Å². The van der Waals surface area contributed by atoms with Crippen molar-refractivity contribution in [3.05, 3.63) is 54.9 Å². The zero-order chi connectivity index (χ0) is 23.4. The summed E-state index contributed by atoms with van der Waals surface area (Å²) in [6.45, 7) is 4.33. The molecular formula is C21H25N7O4S. The number of carbonyl (C=O) groups is 1. The maximum atomic E-state index is 13.0. The summed E-state index contributed by atoms with van der Waals surface area (Å²) in [6.07, 6.45) is 1.13. The van der Waals surface area contributed by atoms with Crippen LogP contribution in [-0.2, 0) is 19.6 Å². The Morgan fingerprint density at radius 1 is 1.09 bits per heavy atom. The molecule has 0 spiro atoms. The molecule has 2 heterocycles. The van der Waals surface area contributed by atoms with Crippen molar-refractivity contribution < 1.29 is 17.9 Å². The Hall–Kier alpha value is -3.35. The summed E-state index contributed by atoms with van der Waals surface area (Å²) in [7, 11) is -3.64. The molecule has 0 aliphatic carbocycles. The lowest BCUT2D eigenvalue weighted by atomic mass is 10.2. The van der Waals surface area contributed by atoms with Crippen LogP contribution in [0.1, 0.15) is 13.8 Å². The van der Waals surface area contributed by atoms with E-state index in [1.165, 1.54) is 27.4 Å². The topological polar surface area (TPSA) is 131 Å². The van der Waals surface area contributed by atoms with Gasteiger partial charge in [-0.1, -0.05) is 12.1 Å². The predicted octanol–water partition coefficient (Wildman–Crippen LogP) is 1.51. The Morgan fingerprint density at radius 3 is 2.45 bits per heavy atom. The molecule has 11 nitrogen and oxygen atoms in total. The molecule has 1 saturated heterocycles. The highest BCUT2D eigenvalue weighted by Gasteiger charge is 2.32. The molecule has 1 aliphatic rings. The number of anilines is 2. The highest BCUT2D eigenvalue weighted by Crippen LogP contribution is 2.23. The fourth-order valence-corrected chi connectivity index (χ4v) is 5.25. The number of tetrazole rings is 1. The lowest BCUT2D eigenvalue weighted by Crippen LogP contribution is -2.48. The normalized spacial score (nSPS) is 19.2. The van der Waals surface area contributed by atoms with Gasteiger partial charge in [0.25, 0.3) is 0 Å². The lowest BCUT2D eigenvalue weighted by Gasteiger charge is -2.34. The van der Waals surface area contributed by atoms with E-state index in [9.17, 15) is 13.2 Å². The molecule has 4 rings (SSSR count). The van der Waals surface area contributed by atoms with Gasteiger partial charge in [-0.05, 0) is 60.7 Å². The largest absolute Gasteiger partial charge is 0.374 e. The standard InChI is InChI=1S/C21H25N7O4S/c1-15-12-27(13-16(2)32-15)33(30,31)18-9-7-17(8-10-18)24-21(29)11-22-19-5-3-4-6-20(19)28-14-23-25-26-28/h3-10,14-16,22H,11-13H2,1-2H3,(H,24,29)/t15-,16-/m0/s1. The summed E-state index contributed by atoms with van der Waals surface area (Å²) in [5.74, 6) is -0.284. The number of carbonyl (C=O) groups excluding carboxylic acids is 1. The van der Waals surface area contributed by atoms with E-state index in [1.54, 1.807) is 12.1 Å². The molecule has 33 heavy (non-hydrogen) atoms. The minimum Gasteiger partial charge on any atom is -0.374 e. The highest BCUT2D eigenvalue weighted by atomic mass is 32.2. The smallest absolute Gasteiger partial charge is 0.243 e. The molecule has 1 fully saturated rings. The minimum absolute atomic E-state index is 0.00272. The Balaban J connectivity index is 1.37. The van der Waals surface area contributed by atoms with Crippen LogP contribution >= 0.6 is 0 Å². The fourth-order valence-electron chi connectivity index (χ4n) is 3.66. The van der Waals surface area contributed by atoms with Gasteiger partial charge in [0.05, 0.1) is 35.0 Å². The highest BCUT2D eigenvalue weighted by molar-refractivity contribution is 7.89. The number of amides is 1. The first kappa shape index (κ1) is 22.8. The number of benzene rings is 2. The monoisotopic (exact) mass is 471 g/mol. The minimum atomic E-state index is -3.64. The summed E-state index contributed by atoms with van der Waals surface area (Å²) >= 11 is 0. The average molecular weight is 472 g/mol. The number of para-hydroxylation sites is 2. The van der Waals surface area contributed by atoms with E-state index < -0.39 is 10.0 Å². The van der Waals surface area contributed by atoms with E-state index in [-0.39, 0.29) is 29.6 Å². The predicted molar refractivity (Wildman–Crippen MR) is 121 cm³/mol. The van der Waals surface area contributed by atoms with Crippen LogP contribution in [-0.4, -0.2) is 70.7 Å². The summed E-state index contributed by atoms with van der Waals surface area (Å²) in [4.78, 5) is 12.6. The maximum Gasteiger partial charge on any atom is 0.243 e. The molecule has 1 aromatic heterocycles. The summed E-state index contributed by atoms with van der Waals surface area (Å²) in [5.41, 5.74) is 1.89. The van der Waals surface area contributed by atoms with E-state index in [1.807, 2.05) is 38.1 Å². The van der Waals surface area contributed by atoms with E-state index in [4.69, 9.17) is 4.74 Å². The molecule has 2 atom stereocenters. The van der Waals surface area contributed by atoms with Crippen LogP contribution in [0.5, 0.6) is 0 Å². The number of sulfonamides is 1. The zero-order valence-electron chi connectivity index (χ0n) is 18.2. The van der Waals surface area contributed by atoms with Gasteiger partial charge in [0.15, 0.2) is 0 Å². The molecule has 2 aromatic carbocycles. The van der Waals surface area contributed by atoms with Gasteiger partial charge >= 0.3 is 0 Å². The van der Waals surface area contributed by atoms with Crippen LogP contribution in [0.2, 0.25) is 0 Å². The average Bonchev–Trinajstić information content (AvgIpc) is 3.32. The SMILES string of the molecule is C[C@H]1CN(S(=O)(=O)c2ccc(NC(=O)CNc3ccccc3-n3cnnn3)cc2)C[C@H](C)O1. The van der Waals surface area contributed by atoms with E-state index in [0.29, 0.717) is 30.2 Å². The second-order valence-corrected chi connectivity index (χ2v) is 9.71. The molecule has 0 bridgehead atoms. The van der Waals surface area contributed by atoms with Crippen LogP contribution < -0.4 is 10.6 Å². The van der Waals surface area contributed by atoms with Gasteiger partial charge in [0, 0.05) is 18.8 Å². The molecule has 1 aliphatic heterocycles. The van der Waals surface area contributed by atoms with Crippen LogP contribution in [0.4, 0.5) is 11.4 Å². The van der Waals surface area contributed by atoms with Crippen molar-refractivity contribution >= 4 is 27.3 Å². The second-order valence-electron chi connectivity index (χ2n) is 7.78. The first-order valence-corrected chi connectivity index (χ1v) is 11.9. The van der Waals surface area contributed by atoms with Crippen LogP contribution in [0.25, 0.3) is 5.69 Å². The van der Waals surface area contributed by atoms with Gasteiger partial charge in [0.1, 0.15) is 6.33 Å². The number of hydrogen-bond donors (Lipinski definition) is 2. The van der Waals surface area contributed by atoms with E-state index in [2.05, 4.69) is 26.2 Å². The second kappa shape index (κ2) is 9.65. The first-order chi connectivity index (χ1) is 15.8. The Kier molecular flexibility index (Phi) is 6.67. The van der Waals surface area contributed by atoms with Crippen molar-refractivity contribution in [1.29, 1.82) is 0 Å². The molecule has 12 heteroatoms. The first-order valence-electron chi connectivity index (χ1n) is 10.4. The van der Waals surface area contributed by atoms with Crippen molar-refractivity contribution in [2.45, 2.75) is 31.0 Å². The molecule has 0 radical (unpaired) electrons. The molecule has 2 N–H and O–H groups in total. The summed E-state index contributed by atoms with van der Waals surface area (Å²) in [6, 6.07) is 13.5. The quantitative estimate of drug-likeness (QED) is 0.530. The maximum absolute atomic E-state index is 13.0. The molecule has 0 saturated carbocycles. The van der Waals surface area contributed by atoms with Crippen molar-refractivity contribution in [2.75, 3.05) is 30.3 Å². The molecule has 1 amide bonds.